The van der Waals surface area contributed by atoms with Gasteiger partial charge in [-0.1, -0.05) is 0 Å². The third-order valence-corrected chi connectivity index (χ3v) is 4.63. The molecule has 1 fully saturated rings. The Balaban J connectivity index is 1.82. The van der Waals surface area contributed by atoms with Gasteiger partial charge in [-0.25, -0.2) is 19.0 Å². The molecule has 1 saturated heterocycles. The van der Waals surface area contributed by atoms with Crippen molar-refractivity contribution in [2.75, 3.05) is 12.3 Å². The van der Waals surface area contributed by atoms with Crippen molar-refractivity contribution >= 4 is 38.7 Å². The number of fused-ring (bicyclic) bond motifs is 1. The van der Waals surface area contributed by atoms with E-state index in [1.54, 1.807) is 6.20 Å². The highest BCUT2D eigenvalue weighted by Crippen LogP contribution is 2.41. The summed E-state index contributed by atoms with van der Waals surface area (Å²) in [5, 5.41) is 4.08. The molecule has 4 N–H and O–H groups in total. The number of hydrogen-bond donors (Lipinski definition) is 3. The van der Waals surface area contributed by atoms with Crippen molar-refractivity contribution in [2.45, 2.75) is 24.7 Å². The van der Waals surface area contributed by atoms with Crippen molar-refractivity contribution in [3.63, 3.8) is 0 Å². The second-order valence-corrected chi connectivity index (χ2v) is 7.99. The van der Waals surface area contributed by atoms with Crippen molar-refractivity contribution in [2.24, 2.45) is 0 Å². The van der Waals surface area contributed by atoms with E-state index in [0.717, 1.165) is 0 Å². The maximum atomic E-state index is 10.8. The average Bonchev–Trinajstić information content (AvgIpc) is 3.09. The number of nitrogens with two attached hydrogens (primary N) is 1. The van der Waals surface area contributed by atoms with Gasteiger partial charge < -0.3 is 24.8 Å². The lowest BCUT2D eigenvalue weighted by atomic mass is 10.1. The first-order valence-electron chi connectivity index (χ1n) is 6.67. The van der Waals surface area contributed by atoms with Crippen LogP contribution in [0.2, 0.25) is 0 Å². The summed E-state index contributed by atoms with van der Waals surface area (Å²) in [4.78, 5) is 26.3. The van der Waals surface area contributed by atoms with E-state index in [0.29, 0.717) is 17.8 Å². The molecule has 0 bridgehead atoms. The molecule has 0 unspecified atom stereocenters. The minimum Gasteiger partial charge on any atom is -0.381 e. The Hall–Kier alpha value is -1.10. The summed E-state index contributed by atoms with van der Waals surface area (Å²) in [7, 11) is -0.523. The van der Waals surface area contributed by atoms with E-state index < -0.39 is 33.7 Å². The predicted octanol–water partition coefficient (Wildman–Crippen LogP) is 0.354. The first kappa shape index (κ1) is 17.7. The smallest absolute Gasteiger partial charge is 0.327 e. The van der Waals surface area contributed by atoms with Gasteiger partial charge in [0.25, 0.3) is 0 Å². The lowest BCUT2D eigenvalue weighted by Gasteiger charge is -2.17. The maximum absolute atomic E-state index is 10.8. The van der Waals surface area contributed by atoms with E-state index in [4.69, 9.17) is 19.5 Å². The van der Waals surface area contributed by atoms with Crippen LogP contribution >= 0.6 is 15.4 Å². The summed E-state index contributed by atoms with van der Waals surface area (Å²) in [6.45, 7) is -4.04. The van der Waals surface area contributed by atoms with Crippen LogP contribution in [0.3, 0.4) is 0 Å². The Labute approximate surface area is 142 Å². The van der Waals surface area contributed by atoms with E-state index in [2.05, 4.69) is 26.9 Å². The number of imidazole rings is 1. The standard InChI is InChI=1S/C10H13N5O6P2S/c11-9-10-12-2-5(15(10)14-4-13-9)6-1-7(21-22-16)8(20-6)3-19-23(17,18)24/h2,4,6-8H,1,3H2,(H2,11,13,14)(H2,17,18,24)/t6-,7+,8-/m1/s1. The summed E-state index contributed by atoms with van der Waals surface area (Å²) in [6, 6.07) is 0. The molecule has 3 heterocycles. The lowest BCUT2D eigenvalue weighted by Crippen LogP contribution is -2.26. The number of nitrogen functional groups attached to an aromatic ring is 1. The van der Waals surface area contributed by atoms with Crippen molar-refractivity contribution in [3.05, 3.63) is 18.2 Å². The zero-order valence-corrected chi connectivity index (χ0v) is 14.6. The third-order valence-electron chi connectivity index (χ3n) is 3.47. The predicted molar refractivity (Wildman–Crippen MR) is 84.6 cm³/mol. The number of aromatic nitrogens is 4. The second kappa shape index (κ2) is 7.03. The molecule has 0 aromatic carbocycles. The minimum atomic E-state index is -3.83. The molecule has 130 valence electrons. The van der Waals surface area contributed by atoms with Gasteiger partial charge in [0, 0.05) is 6.42 Å². The van der Waals surface area contributed by atoms with Crippen molar-refractivity contribution in [1.82, 2.24) is 19.6 Å². The molecule has 0 spiro atoms. The van der Waals surface area contributed by atoms with Crippen molar-refractivity contribution < 1.29 is 28.1 Å². The Kier molecular flexibility index (Phi) is 5.19. The fraction of sp³-hybridized carbons (Fsp3) is 0.500. The molecule has 2 aromatic rings. The number of ether oxygens (including phenoxy) is 1. The SMILES string of the molecule is Nc1ncnn2c([C@H]3C[C@H](OP=O)[C@@H](COP(O)(O)=S)O3)cnc12. The van der Waals surface area contributed by atoms with E-state index >= 15 is 0 Å². The van der Waals surface area contributed by atoms with Gasteiger partial charge in [-0.2, -0.15) is 5.10 Å². The molecule has 0 radical (unpaired) electrons. The fourth-order valence-corrected chi connectivity index (χ4v) is 3.32. The van der Waals surface area contributed by atoms with E-state index in [1.165, 1.54) is 10.8 Å². The van der Waals surface area contributed by atoms with E-state index in [1.807, 2.05) is 0 Å². The highest BCUT2D eigenvalue weighted by Gasteiger charge is 2.39. The van der Waals surface area contributed by atoms with Crippen LogP contribution in [0.15, 0.2) is 12.5 Å². The summed E-state index contributed by atoms with van der Waals surface area (Å²) in [6.07, 6.45) is 1.39. The number of hydrogen-bond acceptors (Lipinski definition) is 9. The van der Waals surface area contributed by atoms with E-state index in [9.17, 15) is 14.4 Å². The maximum Gasteiger partial charge on any atom is 0.327 e. The number of rotatable bonds is 6. The Morgan fingerprint density at radius 2 is 2.33 bits per heavy atom. The summed E-state index contributed by atoms with van der Waals surface area (Å²) >= 11 is 4.40. The molecule has 3 atom stereocenters. The van der Waals surface area contributed by atoms with Gasteiger partial charge in [-0.3, -0.25) is 4.52 Å². The molecular weight excluding hydrogens is 380 g/mol. The lowest BCUT2D eigenvalue weighted by molar-refractivity contribution is -0.0127. The number of nitrogens with zero attached hydrogens (tertiary/aromatic N) is 4. The molecule has 2 aromatic heterocycles. The fourth-order valence-electron chi connectivity index (χ4n) is 2.46. The van der Waals surface area contributed by atoms with Gasteiger partial charge >= 0.3 is 15.4 Å². The van der Waals surface area contributed by atoms with Crippen LogP contribution in [-0.4, -0.2) is 48.2 Å². The van der Waals surface area contributed by atoms with Crippen molar-refractivity contribution in [3.8, 4) is 0 Å². The molecule has 0 saturated carbocycles. The zero-order valence-electron chi connectivity index (χ0n) is 12.0. The van der Waals surface area contributed by atoms with Crippen LogP contribution in [0.4, 0.5) is 5.82 Å². The molecule has 1 aliphatic rings. The van der Waals surface area contributed by atoms with Gasteiger partial charge in [0.1, 0.15) is 24.6 Å². The van der Waals surface area contributed by atoms with Gasteiger partial charge in [-0.05, 0) is 11.8 Å². The highest BCUT2D eigenvalue weighted by atomic mass is 32.5. The average molecular weight is 393 g/mol. The topological polar surface area (TPSA) is 154 Å². The first-order valence-corrected chi connectivity index (χ1v) is 10.0. The molecular formula is C10H13N5O6P2S. The van der Waals surface area contributed by atoms with Crippen molar-refractivity contribution in [1.29, 1.82) is 0 Å². The van der Waals surface area contributed by atoms with Crippen LogP contribution in [-0.2, 0) is 30.2 Å². The number of anilines is 1. The molecule has 11 nitrogen and oxygen atoms in total. The molecule has 0 amide bonds. The minimum absolute atomic E-state index is 0.213. The van der Waals surface area contributed by atoms with Crippen LogP contribution in [0.5, 0.6) is 0 Å². The van der Waals surface area contributed by atoms with Gasteiger partial charge in [0.15, 0.2) is 11.5 Å². The van der Waals surface area contributed by atoms with Gasteiger partial charge in [0.2, 0.25) is 0 Å². The Morgan fingerprint density at radius 1 is 1.54 bits per heavy atom. The second-order valence-electron chi connectivity index (χ2n) is 4.97. The van der Waals surface area contributed by atoms with Gasteiger partial charge in [0.05, 0.1) is 18.5 Å². The van der Waals surface area contributed by atoms with E-state index in [-0.39, 0.29) is 12.4 Å². The highest BCUT2D eigenvalue weighted by molar-refractivity contribution is 8.06. The molecule has 1 aliphatic heterocycles. The van der Waals surface area contributed by atoms with Crippen LogP contribution in [0, 0.1) is 0 Å². The monoisotopic (exact) mass is 393 g/mol. The zero-order chi connectivity index (χ0) is 17.3. The first-order chi connectivity index (χ1) is 11.4. The molecule has 0 aliphatic carbocycles. The largest absolute Gasteiger partial charge is 0.381 e. The van der Waals surface area contributed by atoms with Crippen LogP contribution < -0.4 is 5.73 Å². The third kappa shape index (κ3) is 3.76. The van der Waals surface area contributed by atoms with Gasteiger partial charge in [-0.15, -0.1) is 0 Å². The molecule has 24 heavy (non-hydrogen) atoms. The molecule has 3 rings (SSSR count). The Bertz CT molecular complexity index is 799. The summed E-state index contributed by atoms with van der Waals surface area (Å²) in [5.74, 6) is 0.223. The Morgan fingerprint density at radius 3 is 3.04 bits per heavy atom. The normalized spacial score (nSPS) is 24.8. The van der Waals surface area contributed by atoms with Crippen LogP contribution in [0.1, 0.15) is 18.2 Å². The summed E-state index contributed by atoms with van der Waals surface area (Å²) in [5.41, 5.74) is 6.73. The van der Waals surface area contributed by atoms with Crippen LogP contribution in [0.25, 0.3) is 5.65 Å². The molecule has 14 heteroatoms. The quantitative estimate of drug-likeness (QED) is 0.582. The summed E-state index contributed by atoms with van der Waals surface area (Å²) < 4.78 is 28.0.